The minimum atomic E-state index is -0.219. The lowest BCUT2D eigenvalue weighted by molar-refractivity contribution is 0.519. The van der Waals surface area contributed by atoms with Crippen LogP contribution in [0.15, 0.2) is 30.5 Å². The summed E-state index contributed by atoms with van der Waals surface area (Å²) < 4.78 is 15.3. The highest BCUT2D eigenvalue weighted by molar-refractivity contribution is 5.56. The van der Waals surface area contributed by atoms with Crippen LogP contribution in [0.3, 0.4) is 0 Å². The molecule has 0 amide bonds. The lowest BCUT2D eigenvalue weighted by atomic mass is 10.2. The Morgan fingerprint density at radius 2 is 2.31 bits per heavy atom. The van der Waals surface area contributed by atoms with Gasteiger partial charge in [-0.15, -0.1) is 0 Å². The lowest BCUT2D eigenvalue weighted by Gasteiger charge is -2.17. The van der Waals surface area contributed by atoms with Gasteiger partial charge in [0, 0.05) is 25.2 Å². The van der Waals surface area contributed by atoms with Crippen LogP contribution in [0.5, 0.6) is 0 Å². The monoisotopic (exact) mass is 217 g/mol. The Morgan fingerprint density at radius 3 is 3.19 bits per heavy atom. The Kier molecular flexibility index (Phi) is 2.22. The van der Waals surface area contributed by atoms with Gasteiger partial charge in [0.25, 0.3) is 0 Å². The van der Waals surface area contributed by atoms with Gasteiger partial charge in [-0.1, -0.05) is 12.1 Å². The number of imidazole rings is 1. The lowest BCUT2D eigenvalue weighted by Crippen LogP contribution is -2.27. The van der Waals surface area contributed by atoms with Crippen LogP contribution in [-0.2, 0) is 13.1 Å². The zero-order valence-corrected chi connectivity index (χ0v) is 8.78. The van der Waals surface area contributed by atoms with E-state index in [9.17, 15) is 4.39 Å². The molecule has 0 bridgehead atoms. The smallest absolute Gasteiger partial charge is 0.140 e. The molecule has 0 saturated carbocycles. The van der Waals surface area contributed by atoms with Crippen molar-refractivity contribution in [3.63, 3.8) is 0 Å². The summed E-state index contributed by atoms with van der Waals surface area (Å²) in [4.78, 5) is 4.37. The fourth-order valence-electron chi connectivity index (χ4n) is 2.07. The number of aromatic nitrogens is 2. The summed E-state index contributed by atoms with van der Waals surface area (Å²) in [5.41, 5.74) is 2.00. The van der Waals surface area contributed by atoms with Crippen molar-refractivity contribution >= 4 is 0 Å². The summed E-state index contributed by atoms with van der Waals surface area (Å²) in [6.07, 6.45) is 1.85. The van der Waals surface area contributed by atoms with Crippen LogP contribution >= 0.6 is 0 Å². The van der Waals surface area contributed by atoms with Crippen LogP contribution in [0.2, 0.25) is 0 Å². The Hall–Kier alpha value is -1.68. The molecule has 0 saturated heterocycles. The summed E-state index contributed by atoms with van der Waals surface area (Å²) in [6.45, 7) is 2.66. The van der Waals surface area contributed by atoms with E-state index in [-0.39, 0.29) is 5.82 Å². The van der Waals surface area contributed by atoms with E-state index in [0.717, 1.165) is 36.7 Å². The third-order valence-electron chi connectivity index (χ3n) is 2.84. The van der Waals surface area contributed by atoms with Crippen LogP contribution in [0.4, 0.5) is 4.39 Å². The first kappa shape index (κ1) is 9.54. The topological polar surface area (TPSA) is 29.9 Å². The van der Waals surface area contributed by atoms with Gasteiger partial charge >= 0.3 is 0 Å². The van der Waals surface area contributed by atoms with Gasteiger partial charge in [-0.05, 0) is 12.1 Å². The van der Waals surface area contributed by atoms with Crippen molar-refractivity contribution in [2.75, 3.05) is 6.54 Å². The molecule has 0 aliphatic carbocycles. The highest BCUT2D eigenvalue weighted by atomic mass is 19.1. The van der Waals surface area contributed by atoms with E-state index in [1.165, 1.54) is 12.1 Å². The van der Waals surface area contributed by atoms with E-state index in [2.05, 4.69) is 14.9 Å². The van der Waals surface area contributed by atoms with Crippen LogP contribution < -0.4 is 5.32 Å². The van der Waals surface area contributed by atoms with E-state index in [1.54, 1.807) is 6.07 Å². The average Bonchev–Trinajstić information content (AvgIpc) is 2.72. The summed E-state index contributed by atoms with van der Waals surface area (Å²) in [7, 11) is 0. The maximum absolute atomic E-state index is 13.1. The van der Waals surface area contributed by atoms with Crippen LogP contribution in [0.25, 0.3) is 11.4 Å². The minimum Gasteiger partial charge on any atom is -0.326 e. The molecule has 0 unspecified atom stereocenters. The molecular weight excluding hydrogens is 205 g/mol. The molecule has 1 aromatic heterocycles. The maximum atomic E-state index is 13.1. The van der Waals surface area contributed by atoms with Crippen molar-refractivity contribution in [1.29, 1.82) is 0 Å². The quantitative estimate of drug-likeness (QED) is 0.789. The number of nitrogens with zero attached hydrogens (tertiary/aromatic N) is 2. The van der Waals surface area contributed by atoms with Gasteiger partial charge in [0.15, 0.2) is 0 Å². The van der Waals surface area contributed by atoms with Gasteiger partial charge in [0.1, 0.15) is 11.6 Å². The SMILES string of the molecule is Fc1cccc(-c2ncc3n2CCNC3)c1. The van der Waals surface area contributed by atoms with Gasteiger partial charge in [0.05, 0.1) is 11.9 Å². The summed E-state index contributed by atoms with van der Waals surface area (Å²) >= 11 is 0. The van der Waals surface area contributed by atoms with E-state index in [1.807, 2.05) is 12.3 Å². The van der Waals surface area contributed by atoms with Crippen molar-refractivity contribution in [3.05, 3.63) is 42.0 Å². The predicted molar refractivity (Wildman–Crippen MR) is 59.3 cm³/mol. The Bertz CT molecular complexity index is 519. The summed E-state index contributed by atoms with van der Waals surface area (Å²) in [5, 5.41) is 3.28. The second-order valence-corrected chi connectivity index (χ2v) is 3.91. The summed E-state index contributed by atoms with van der Waals surface area (Å²) in [6, 6.07) is 6.58. The Labute approximate surface area is 92.9 Å². The van der Waals surface area contributed by atoms with Gasteiger partial charge in [0.2, 0.25) is 0 Å². The molecule has 0 spiro atoms. The molecule has 0 atom stereocenters. The van der Waals surface area contributed by atoms with Crippen LogP contribution in [0, 0.1) is 5.82 Å². The fraction of sp³-hybridized carbons (Fsp3) is 0.250. The minimum absolute atomic E-state index is 0.219. The third-order valence-corrected chi connectivity index (χ3v) is 2.84. The average molecular weight is 217 g/mol. The molecule has 1 aliphatic heterocycles. The summed E-state index contributed by atoms with van der Waals surface area (Å²) in [5.74, 6) is 0.639. The van der Waals surface area contributed by atoms with E-state index >= 15 is 0 Å². The van der Waals surface area contributed by atoms with E-state index in [0.29, 0.717) is 0 Å². The predicted octanol–water partition coefficient (Wildman–Crippen LogP) is 1.79. The third kappa shape index (κ3) is 1.51. The fourth-order valence-corrected chi connectivity index (χ4v) is 2.07. The second-order valence-electron chi connectivity index (χ2n) is 3.91. The standard InChI is InChI=1S/C12H12FN3/c13-10-3-1-2-9(6-10)12-15-8-11-7-14-4-5-16(11)12/h1-3,6,8,14H,4-5,7H2. The highest BCUT2D eigenvalue weighted by Crippen LogP contribution is 2.21. The van der Waals surface area contributed by atoms with Crippen LogP contribution in [0.1, 0.15) is 5.69 Å². The molecule has 1 N–H and O–H groups in total. The first-order chi connectivity index (χ1) is 7.84. The molecule has 82 valence electrons. The Morgan fingerprint density at radius 1 is 1.38 bits per heavy atom. The molecule has 3 rings (SSSR count). The molecule has 1 aromatic carbocycles. The van der Waals surface area contributed by atoms with Crippen molar-refractivity contribution in [3.8, 4) is 11.4 Å². The van der Waals surface area contributed by atoms with Crippen molar-refractivity contribution in [2.45, 2.75) is 13.1 Å². The van der Waals surface area contributed by atoms with E-state index < -0.39 is 0 Å². The molecule has 2 heterocycles. The molecule has 3 nitrogen and oxygen atoms in total. The molecule has 16 heavy (non-hydrogen) atoms. The van der Waals surface area contributed by atoms with Crippen molar-refractivity contribution < 1.29 is 4.39 Å². The number of fused-ring (bicyclic) bond motifs is 1. The van der Waals surface area contributed by atoms with Gasteiger partial charge in [-0.25, -0.2) is 9.37 Å². The zero-order valence-electron chi connectivity index (χ0n) is 8.78. The molecule has 0 radical (unpaired) electrons. The molecule has 4 heteroatoms. The molecular formula is C12H12FN3. The number of hydrogen-bond donors (Lipinski definition) is 1. The van der Waals surface area contributed by atoms with Gasteiger partial charge in [-0.3, -0.25) is 0 Å². The normalized spacial score (nSPS) is 14.8. The second kappa shape index (κ2) is 3.72. The number of nitrogens with one attached hydrogen (secondary N) is 1. The first-order valence-electron chi connectivity index (χ1n) is 5.35. The number of benzene rings is 1. The highest BCUT2D eigenvalue weighted by Gasteiger charge is 2.14. The van der Waals surface area contributed by atoms with Crippen molar-refractivity contribution in [2.24, 2.45) is 0 Å². The number of rotatable bonds is 1. The maximum Gasteiger partial charge on any atom is 0.140 e. The number of halogens is 1. The molecule has 2 aromatic rings. The molecule has 1 aliphatic rings. The first-order valence-corrected chi connectivity index (χ1v) is 5.35. The Balaban J connectivity index is 2.09. The zero-order chi connectivity index (χ0) is 11.0. The number of hydrogen-bond acceptors (Lipinski definition) is 2. The van der Waals surface area contributed by atoms with E-state index in [4.69, 9.17) is 0 Å². The van der Waals surface area contributed by atoms with Gasteiger partial charge < -0.3 is 9.88 Å². The van der Waals surface area contributed by atoms with Crippen molar-refractivity contribution in [1.82, 2.24) is 14.9 Å². The molecule has 0 fully saturated rings. The van der Waals surface area contributed by atoms with Gasteiger partial charge in [-0.2, -0.15) is 0 Å². The van der Waals surface area contributed by atoms with Crippen LogP contribution in [-0.4, -0.2) is 16.1 Å². The largest absolute Gasteiger partial charge is 0.326 e.